The van der Waals surface area contributed by atoms with Crippen LogP contribution in [0, 0.1) is 11.3 Å². The Kier molecular flexibility index (Phi) is 8.30. The summed E-state index contributed by atoms with van der Waals surface area (Å²) >= 11 is 0. The van der Waals surface area contributed by atoms with Gasteiger partial charge in [0.05, 0.1) is 28.7 Å². The topological polar surface area (TPSA) is 102 Å². The van der Waals surface area contributed by atoms with E-state index in [0.717, 1.165) is 62.3 Å². The number of likely N-dealkylation sites (tertiary alicyclic amines) is 2. The van der Waals surface area contributed by atoms with Crippen LogP contribution in [0.5, 0.6) is 5.75 Å². The molecule has 0 radical (unpaired) electrons. The zero-order valence-electron chi connectivity index (χ0n) is 28.7. The number of amides is 1. The lowest BCUT2D eigenvalue weighted by molar-refractivity contribution is -0.167. The van der Waals surface area contributed by atoms with Crippen LogP contribution in [0.3, 0.4) is 0 Å². The highest BCUT2D eigenvalue weighted by atomic mass is 16.5. The van der Waals surface area contributed by atoms with E-state index >= 15 is 0 Å². The molecule has 0 aliphatic carbocycles. The van der Waals surface area contributed by atoms with Gasteiger partial charge in [-0.2, -0.15) is 10.2 Å². The van der Waals surface area contributed by atoms with Gasteiger partial charge in [0.15, 0.2) is 0 Å². The number of nitrogens with zero attached hydrogens (tertiary/aromatic N) is 7. The van der Waals surface area contributed by atoms with E-state index in [1.165, 1.54) is 25.1 Å². The van der Waals surface area contributed by atoms with Crippen molar-refractivity contribution in [1.29, 1.82) is 0 Å². The molecule has 10 heteroatoms. The molecule has 1 amide bonds. The minimum absolute atomic E-state index is 0.176. The summed E-state index contributed by atoms with van der Waals surface area (Å²) in [4.78, 5) is 24.0. The maximum atomic E-state index is 14.5. The number of carbonyl (C=O) groups is 1. The molecule has 4 saturated heterocycles. The molecule has 49 heavy (non-hydrogen) atoms. The van der Waals surface area contributed by atoms with Crippen molar-refractivity contribution in [3.63, 3.8) is 0 Å². The lowest BCUT2D eigenvalue weighted by Crippen LogP contribution is -2.74. The van der Waals surface area contributed by atoms with Gasteiger partial charge in [-0.15, -0.1) is 0 Å². The Morgan fingerprint density at radius 2 is 1.59 bits per heavy atom. The SMILES string of the molecule is CC(C)c1cc(C2(C(=O)N3CC4(CN(CC5CCN(c6ccccc6)CC5)C4)C3)CCN(c3cnnc(-c4ccccc4O)c3)CC2)no1. The molecule has 4 aliphatic rings. The number of rotatable bonds is 8. The van der Waals surface area contributed by atoms with Crippen LogP contribution in [-0.2, 0) is 10.2 Å². The molecule has 0 bridgehead atoms. The molecule has 1 spiro atoms. The average molecular weight is 662 g/mol. The number of aromatic nitrogens is 3. The number of hydrogen-bond acceptors (Lipinski definition) is 9. The Morgan fingerprint density at radius 3 is 2.29 bits per heavy atom. The predicted molar refractivity (Wildman–Crippen MR) is 190 cm³/mol. The quantitative estimate of drug-likeness (QED) is 0.260. The van der Waals surface area contributed by atoms with Crippen molar-refractivity contribution in [3.8, 4) is 17.0 Å². The minimum Gasteiger partial charge on any atom is -0.507 e. The lowest BCUT2D eigenvalue weighted by atomic mass is 9.68. The molecule has 2 aromatic heterocycles. The lowest BCUT2D eigenvalue weighted by Gasteiger charge is -2.62. The van der Waals surface area contributed by atoms with Gasteiger partial charge in [0.2, 0.25) is 5.91 Å². The fourth-order valence-corrected chi connectivity index (χ4v) is 8.68. The van der Waals surface area contributed by atoms with Crippen LogP contribution in [0.15, 0.2) is 77.4 Å². The maximum Gasteiger partial charge on any atom is 0.235 e. The molecule has 4 aliphatic heterocycles. The van der Waals surface area contributed by atoms with Gasteiger partial charge >= 0.3 is 0 Å². The Balaban J connectivity index is 0.902. The van der Waals surface area contributed by atoms with Gasteiger partial charge in [-0.25, -0.2) is 0 Å². The molecular weight excluding hydrogens is 614 g/mol. The van der Waals surface area contributed by atoms with Gasteiger partial charge in [-0.3, -0.25) is 4.79 Å². The third kappa shape index (κ3) is 6.05. The molecule has 6 heterocycles. The molecule has 4 aromatic rings. The summed E-state index contributed by atoms with van der Waals surface area (Å²) in [6.07, 6.45) is 5.52. The molecule has 0 atom stereocenters. The standard InChI is InChI=1S/C39H47N7O3/c1-28(2)35-21-36(42-49-35)39(14-18-45(19-15-39)31-20-33(41-40-22-31)32-10-6-7-11-34(32)47)37(48)46-26-38(27-46)24-43(25-38)23-29-12-16-44(17-13-29)30-8-4-3-5-9-30/h3-11,20-22,28-29,47H,12-19,23-27H2,1-2H3. The van der Waals surface area contributed by atoms with Crippen molar-refractivity contribution in [2.45, 2.75) is 50.9 Å². The van der Waals surface area contributed by atoms with Crippen molar-refractivity contribution in [2.24, 2.45) is 11.3 Å². The van der Waals surface area contributed by atoms with E-state index in [9.17, 15) is 9.90 Å². The van der Waals surface area contributed by atoms with Gasteiger partial charge in [0, 0.05) is 87.6 Å². The molecule has 0 unspecified atom stereocenters. The number of benzene rings is 2. The third-order valence-electron chi connectivity index (χ3n) is 11.5. The second-order valence-electron chi connectivity index (χ2n) is 15.3. The van der Waals surface area contributed by atoms with E-state index in [1.54, 1.807) is 18.3 Å². The van der Waals surface area contributed by atoms with E-state index in [1.807, 2.05) is 24.3 Å². The number of phenolic OH excluding ortho intramolecular Hbond substituents is 1. The molecular formula is C39H47N7O3. The zero-order valence-corrected chi connectivity index (χ0v) is 28.7. The van der Waals surface area contributed by atoms with Crippen LogP contribution >= 0.6 is 0 Å². The number of phenols is 1. The highest BCUT2D eigenvalue weighted by molar-refractivity contribution is 5.89. The van der Waals surface area contributed by atoms with E-state index in [-0.39, 0.29) is 23.0 Å². The number of aromatic hydroxyl groups is 1. The van der Waals surface area contributed by atoms with Crippen molar-refractivity contribution in [2.75, 3.05) is 68.7 Å². The molecule has 1 N–H and O–H groups in total. The Morgan fingerprint density at radius 1 is 0.898 bits per heavy atom. The first-order valence-corrected chi connectivity index (χ1v) is 18.0. The van der Waals surface area contributed by atoms with Crippen molar-refractivity contribution in [3.05, 3.63) is 84.4 Å². The predicted octanol–water partition coefficient (Wildman–Crippen LogP) is 5.56. The van der Waals surface area contributed by atoms with Crippen molar-refractivity contribution < 1.29 is 14.4 Å². The first kappa shape index (κ1) is 31.8. The summed E-state index contributed by atoms with van der Waals surface area (Å²) in [6, 6.07) is 21.9. The molecule has 4 fully saturated rings. The second-order valence-corrected chi connectivity index (χ2v) is 15.3. The average Bonchev–Trinajstić information content (AvgIpc) is 3.61. The Labute approximate surface area is 288 Å². The number of para-hydroxylation sites is 2. The second kappa shape index (κ2) is 12.8. The normalized spacial score (nSPS) is 20.8. The van der Waals surface area contributed by atoms with Gasteiger partial charge in [-0.1, -0.05) is 49.3 Å². The van der Waals surface area contributed by atoms with Crippen LogP contribution < -0.4 is 9.80 Å². The molecule has 10 nitrogen and oxygen atoms in total. The van der Waals surface area contributed by atoms with Crippen LogP contribution in [0.25, 0.3) is 11.3 Å². The zero-order chi connectivity index (χ0) is 33.6. The Hall–Kier alpha value is -4.44. The number of hydrogen-bond donors (Lipinski definition) is 1. The largest absolute Gasteiger partial charge is 0.507 e. The van der Waals surface area contributed by atoms with Gasteiger partial charge in [0.1, 0.15) is 11.5 Å². The molecule has 0 saturated carbocycles. The van der Waals surface area contributed by atoms with Crippen LogP contribution in [0.2, 0.25) is 0 Å². The molecule has 2 aromatic carbocycles. The smallest absolute Gasteiger partial charge is 0.235 e. The first-order chi connectivity index (χ1) is 23.8. The van der Waals surface area contributed by atoms with Crippen LogP contribution in [-0.4, -0.2) is 95.1 Å². The third-order valence-corrected chi connectivity index (χ3v) is 11.5. The van der Waals surface area contributed by atoms with Crippen molar-refractivity contribution >= 4 is 17.3 Å². The minimum atomic E-state index is -0.716. The summed E-state index contributed by atoms with van der Waals surface area (Å²) in [5.74, 6) is 2.13. The fourth-order valence-electron chi connectivity index (χ4n) is 8.68. The Bertz CT molecular complexity index is 1760. The van der Waals surface area contributed by atoms with E-state index in [4.69, 9.17) is 4.52 Å². The highest BCUT2D eigenvalue weighted by Gasteiger charge is 2.57. The van der Waals surface area contributed by atoms with E-state index in [2.05, 4.69) is 79.1 Å². The van der Waals surface area contributed by atoms with E-state index in [0.29, 0.717) is 37.2 Å². The van der Waals surface area contributed by atoms with Crippen molar-refractivity contribution in [1.82, 2.24) is 25.2 Å². The molecule has 256 valence electrons. The van der Waals surface area contributed by atoms with Crippen LogP contribution in [0.4, 0.5) is 11.4 Å². The van der Waals surface area contributed by atoms with Crippen LogP contribution in [0.1, 0.15) is 56.9 Å². The van der Waals surface area contributed by atoms with Gasteiger partial charge in [-0.05, 0) is 61.9 Å². The summed E-state index contributed by atoms with van der Waals surface area (Å²) in [6.45, 7) is 12.8. The monoisotopic (exact) mass is 661 g/mol. The van der Waals surface area contributed by atoms with Gasteiger partial charge in [0.25, 0.3) is 0 Å². The maximum absolute atomic E-state index is 14.5. The van der Waals surface area contributed by atoms with E-state index < -0.39 is 5.41 Å². The summed E-state index contributed by atoms with van der Waals surface area (Å²) < 4.78 is 5.78. The first-order valence-electron chi connectivity index (χ1n) is 18.0. The summed E-state index contributed by atoms with van der Waals surface area (Å²) in [5.41, 5.74) is 3.83. The summed E-state index contributed by atoms with van der Waals surface area (Å²) in [5, 5.41) is 23.5. The molecule has 8 rings (SSSR count). The number of piperidine rings is 2. The van der Waals surface area contributed by atoms with Gasteiger partial charge < -0.3 is 29.2 Å². The number of carbonyl (C=O) groups excluding carboxylic acids is 1. The number of anilines is 2. The summed E-state index contributed by atoms with van der Waals surface area (Å²) in [7, 11) is 0. The fraction of sp³-hybridized carbons (Fsp3) is 0.487. The highest BCUT2D eigenvalue weighted by Crippen LogP contribution is 2.46.